The molecule has 0 spiro atoms. The topological polar surface area (TPSA) is 43.4 Å². The first-order chi connectivity index (χ1) is 12.6. The van der Waals surface area contributed by atoms with Crippen LogP contribution in [0.1, 0.15) is 5.56 Å². The van der Waals surface area contributed by atoms with Crippen LogP contribution in [0.2, 0.25) is 0 Å². The molecule has 2 radical (unpaired) electrons. The molecule has 0 aliphatic carbocycles. The molecule has 3 aromatic carbocycles. The van der Waals surface area contributed by atoms with Gasteiger partial charge in [0.15, 0.2) is 0 Å². The van der Waals surface area contributed by atoms with Crippen molar-refractivity contribution < 1.29 is 12.6 Å². The molecule has 0 aromatic heterocycles. The van der Waals surface area contributed by atoms with E-state index in [4.69, 9.17) is 4.18 Å². The third kappa shape index (κ3) is 8.36. The summed E-state index contributed by atoms with van der Waals surface area (Å²) >= 11 is 0. The maximum Gasteiger partial charge on any atom is 0.297 e. The predicted octanol–water partition coefficient (Wildman–Crippen LogP) is 4.38. The van der Waals surface area contributed by atoms with E-state index in [0.29, 0.717) is 5.39 Å². The molecular formula is C22H22Na2O3S. The van der Waals surface area contributed by atoms with Crippen molar-refractivity contribution in [3.05, 3.63) is 104 Å². The minimum atomic E-state index is -3.72. The standard InChI is InChI=1S/C13H12O3S.C9H10.2Na/c1-2-10-16-17(14,15)13-9-5-7-11-6-3-4-8-12(11)13;1-2-6-9-7-4-3-5-8-9;;/h2-9H,1,10H2;2-5,7-8H,1,6H2;;. The van der Waals surface area contributed by atoms with Crippen LogP contribution in [-0.2, 0) is 20.7 Å². The van der Waals surface area contributed by atoms with Crippen LogP contribution in [0.4, 0.5) is 0 Å². The smallest absolute Gasteiger partial charge is 0.262 e. The second-order valence-corrected chi connectivity index (χ2v) is 7.07. The van der Waals surface area contributed by atoms with E-state index in [1.807, 2.05) is 42.5 Å². The molecule has 3 rings (SSSR count). The van der Waals surface area contributed by atoms with E-state index in [0.717, 1.165) is 11.8 Å². The van der Waals surface area contributed by atoms with Crippen LogP contribution in [0.5, 0.6) is 0 Å². The summed E-state index contributed by atoms with van der Waals surface area (Å²) in [5.41, 5.74) is 1.33. The Balaban J connectivity index is 0.000000570. The van der Waals surface area contributed by atoms with E-state index in [-0.39, 0.29) is 70.6 Å². The number of hydrogen-bond acceptors (Lipinski definition) is 3. The van der Waals surface area contributed by atoms with Crippen LogP contribution in [0.15, 0.2) is 103 Å². The molecule has 0 saturated carbocycles. The van der Waals surface area contributed by atoms with E-state index in [1.54, 1.807) is 24.3 Å². The third-order valence-corrected chi connectivity index (χ3v) is 4.92. The second-order valence-electron chi connectivity index (χ2n) is 5.48. The largest absolute Gasteiger partial charge is 0.297 e. The zero-order chi connectivity index (χ0) is 18.8. The quantitative estimate of drug-likeness (QED) is 0.343. The summed E-state index contributed by atoms with van der Waals surface area (Å²) in [6.45, 7) is 7.06. The summed E-state index contributed by atoms with van der Waals surface area (Å²) in [5, 5.41) is 1.54. The van der Waals surface area contributed by atoms with Gasteiger partial charge in [-0.1, -0.05) is 78.9 Å². The van der Waals surface area contributed by atoms with Crippen LogP contribution in [0, 0.1) is 0 Å². The van der Waals surface area contributed by atoms with Crippen LogP contribution in [0.25, 0.3) is 10.8 Å². The van der Waals surface area contributed by atoms with Gasteiger partial charge >= 0.3 is 0 Å². The van der Waals surface area contributed by atoms with Crippen molar-refractivity contribution in [3.8, 4) is 0 Å². The van der Waals surface area contributed by atoms with Crippen molar-refractivity contribution in [2.75, 3.05) is 6.61 Å². The molecule has 0 heterocycles. The fourth-order valence-electron chi connectivity index (χ4n) is 2.40. The van der Waals surface area contributed by atoms with E-state index in [1.165, 1.54) is 11.6 Å². The van der Waals surface area contributed by atoms with Gasteiger partial charge in [-0.05, 0) is 23.4 Å². The van der Waals surface area contributed by atoms with Crippen molar-refractivity contribution in [1.29, 1.82) is 0 Å². The van der Waals surface area contributed by atoms with Gasteiger partial charge in [0.05, 0.1) is 6.61 Å². The fraction of sp³-hybridized carbons (Fsp3) is 0.0909. The van der Waals surface area contributed by atoms with Gasteiger partial charge in [0.1, 0.15) is 4.90 Å². The van der Waals surface area contributed by atoms with Crippen molar-refractivity contribution in [3.63, 3.8) is 0 Å². The third-order valence-electron chi connectivity index (χ3n) is 3.58. The van der Waals surface area contributed by atoms with Gasteiger partial charge in [-0.3, -0.25) is 4.18 Å². The molecular weight excluding hydrogens is 390 g/mol. The van der Waals surface area contributed by atoms with E-state index in [9.17, 15) is 8.42 Å². The Kier molecular flexibility index (Phi) is 14.0. The van der Waals surface area contributed by atoms with Gasteiger partial charge < -0.3 is 0 Å². The molecule has 3 nitrogen and oxygen atoms in total. The van der Waals surface area contributed by atoms with Crippen molar-refractivity contribution >= 4 is 80.0 Å². The normalized spacial score (nSPS) is 9.86. The first-order valence-electron chi connectivity index (χ1n) is 8.21. The summed E-state index contributed by atoms with van der Waals surface area (Å²) in [6, 6.07) is 22.7. The van der Waals surface area contributed by atoms with Crippen LogP contribution in [0.3, 0.4) is 0 Å². The first kappa shape index (κ1) is 27.3. The molecule has 0 aliphatic rings. The molecule has 6 heteroatoms. The van der Waals surface area contributed by atoms with E-state index < -0.39 is 10.1 Å². The maximum atomic E-state index is 11.9. The molecule has 0 N–H and O–H groups in total. The zero-order valence-corrected chi connectivity index (χ0v) is 21.4. The molecule has 0 saturated heterocycles. The minimum Gasteiger partial charge on any atom is -0.262 e. The zero-order valence-electron chi connectivity index (χ0n) is 16.5. The van der Waals surface area contributed by atoms with E-state index in [2.05, 4.69) is 25.3 Å². The van der Waals surface area contributed by atoms with Gasteiger partial charge in [-0.15, -0.1) is 13.2 Å². The summed E-state index contributed by atoms with van der Waals surface area (Å²) in [4.78, 5) is 0.192. The average molecular weight is 412 g/mol. The maximum absolute atomic E-state index is 11.9. The van der Waals surface area contributed by atoms with E-state index >= 15 is 0 Å². The first-order valence-corrected chi connectivity index (χ1v) is 9.62. The Morgan fingerprint density at radius 1 is 0.786 bits per heavy atom. The molecule has 0 bridgehead atoms. The number of rotatable bonds is 6. The summed E-state index contributed by atoms with van der Waals surface area (Å²) in [7, 11) is -3.72. The number of allylic oxidation sites excluding steroid dienone is 1. The Bertz CT molecular complexity index is 966. The molecule has 28 heavy (non-hydrogen) atoms. The molecule has 0 unspecified atom stereocenters. The van der Waals surface area contributed by atoms with Crippen molar-refractivity contribution in [2.45, 2.75) is 11.3 Å². The monoisotopic (exact) mass is 412 g/mol. The average Bonchev–Trinajstić information content (AvgIpc) is 2.67. The molecule has 0 aliphatic heterocycles. The molecule has 0 fully saturated rings. The number of hydrogen-bond donors (Lipinski definition) is 0. The molecule has 136 valence electrons. The van der Waals surface area contributed by atoms with Crippen LogP contribution >= 0.6 is 0 Å². The fourth-order valence-corrected chi connectivity index (χ4v) is 3.50. The SMILES string of the molecule is C=CCOS(=O)(=O)c1cccc2ccccc12.C=CCc1ccccc1.[Na].[Na]. The Hall–Kier alpha value is -0.690. The second kappa shape index (κ2) is 14.3. The van der Waals surface area contributed by atoms with Gasteiger partial charge in [0.25, 0.3) is 10.1 Å². The van der Waals surface area contributed by atoms with Crippen LogP contribution in [-0.4, -0.2) is 74.1 Å². The van der Waals surface area contributed by atoms with Gasteiger partial charge in [-0.25, -0.2) is 0 Å². The summed E-state index contributed by atoms with van der Waals surface area (Å²) in [6.07, 6.45) is 4.29. The Morgan fingerprint density at radius 3 is 2.04 bits per heavy atom. The molecule has 3 aromatic rings. The minimum absolute atomic E-state index is 0. The number of fused-ring (bicyclic) bond motifs is 1. The van der Waals surface area contributed by atoms with Gasteiger partial charge in [0, 0.05) is 64.5 Å². The predicted molar refractivity (Wildman–Crippen MR) is 119 cm³/mol. The Morgan fingerprint density at radius 2 is 1.39 bits per heavy atom. The summed E-state index contributed by atoms with van der Waals surface area (Å²) < 4.78 is 28.7. The summed E-state index contributed by atoms with van der Waals surface area (Å²) in [5.74, 6) is 0. The molecule has 0 atom stereocenters. The Labute approximate surface area is 212 Å². The van der Waals surface area contributed by atoms with Crippen molar-refractivity contribution in [2.24, 2.45) is 0 Å². The molecule has 0 amide bonds. The van der Waals surface area contributed by atoms with Gasteiger partial charge in [0.2, 0.25) is 0 Å². The number of benzene rings is 3. The van der Waals surface area contributed by atoms with Gasteiger partial charge in [-0.2, -0.15) is 8.42 Å². The van der Waals surface area contributed by atoms with Crippen LogP contribution < -0.4 is 0 Å². The van der Waals surface area contributed by atoms with Crippen molar-refractivity contribution in [1.82, 2.24) is 0 Å².